The van der Waals surface area contributed by atoms with Gasteiger partial charge in [0.1, 0.15) is 12.1 Å². The lowest BCUT2D eigenvalue weighted by Gasteiger charge is -2.35. The van der Waals surface area contributed by atoms with E-state index < -0.39 is 17.7 Å². The third-order valence-corrected chi connectivity index (χ3v) is 8.58. The Hall–Kier alpha value is -3.56. The number of hydrogen-bond donors (Lipinski definition) is 2. The molecule has 1 fully saturated rings. The second kappa shape index (κ2) is 10.5. The summed E-state index contributed by atoms with van der Waals surface area (Å²) in [5.74, 6) is -0.984. The maximum Gasteiger partial charge on any atom is 0.255 e. The molecule has 3 amide bonds. The molecule has 1 aromatic heterocycles. The minimum Gasteiger partial charge on any atom is -0.388 e. The van der Waals surface area contributed by atoms with Gasteiger partial charge < -0.3 is 20.2 Å². The number of likely N-dealkylation sites (tertiary alicyclic amines) is 1. The predicted octanol–water partition coefficient (Wildman–Crippen LogP) is 3.77. The summed E-state index contributed by atoms with van der Waals surface area (Å²) in [6.45, 7) is 8.11. The molecule has 39 heavy (non-hydrogen) atoms. The number of thiazole rings is 1. The summed E-state index contributed by atoms with van der Waals surface area (Å²) < 4.78 is 0. The maximum atomic E-state index is 14.0. The normalized spacial score (nSPS) is 21.4. The molecule has 0 spiro atoms. The van der Waals surface area contributed by atoms with Gasteiger partial charge in [0.15, 0.2) is 0 Å². The quantitative estimate of drug-likeness (QED) is 0.470. The van der Waals surface area contributed by atoms with Crippen LogP contribution >= 0.6 is 11.3 Å². The number of nitrogens with zero attached hydrogens (tertiary/aromatic N) is 3. The molecule has 3 aromatic rings. The van der Waals surface area contributed by atoms with Crippen LogP contribution in [0.5, 0.6) is 0 Å². The molecule has 0 unspecified atom stereocenters. The van der Waals surface area contributed by atoms with Gasteiger partial charge in [-0.2, -0.15) is 0 Å². The Morgan fingerprint density at radius 2 is 1.90 bits per heavy atom. The standard InChI is InChI=1S/C30H34N4O4S/c1-18(2)25(33-15-22-7-5-6-8-23(22)28(33)36)29(37)34-16-30(4,38)13-24(34)27(35)31-14-20-9-11-21(12-10-20)26-19(3)32-17-39-26/h5-12,17-18,24-25,38H,13-16H2,1-4H3,(H,31,35)/t24-,25-,30-/m0/s1. The summed E-state index contributed by atoms with van der Waals surface area (Å²) in [6.07, 6.45) is 0.132. The molecular weight excluding hydrogens is 512 g/mol. The number of aryl methyl sites for hydroxylation is 1. The number of aliphatic hydroxyl groups is 1. The van der Waals surface area contributed by atoms with Crippen LogP contribution in [0.3, 0.4) is 0 Å². The highest BCUT2D eigenvalue weighted by Crippen LogP contribution is 2.33. The summed E-state index contributed by atoms with van der Waals surface area (Å²) >= 11 is 1.59. The van der Waals surface area contributed by atoms with E-state index in [0.717, 1.165) is 27.3 Å². The van der Waals surface area contributed by atoms with Crippen LogP contribution in [-0.2, 0) is 22.7 Å². The van der Waals surface area contributed by atoms with Gasteiger partial charge in [-0.1, -0.05) is 56.3 Å². The predicted molar refractivity (Wildman–Crippen MR) is 150 cm³/mol. The van der Waals surface area contributed by atoms with Gasteiger partial charge in [0.2, 0.25) is 11.8 Å². The highest BCUT2D eigenvalue weighted by Gasteiger charge is 2.49. The first-order valence-electron chi connectivity index (χ1n) is 13.2. The van der Waals surface area contributed by atoms with Crippen LogP contribution in [0.1, 0.15) is 54.4 Å². The number of nitrogens with one attached hydrogen (secondary N) is 1. The van der Waals surface area contributed by atoms with Gasteiger partial charge in [0.25, 0.3) is 5.91 Å². The molecule has 8 nitrogen and oxygen atoms in total. The van der Waals surface area contributed by atoms with Crippen LogP contribution in [0, 0.1) is 12.8 Å². The largest absolute Gasteiger partial charge is 0.388 e. The van der Waals surface area contributed by atoms with E-state index in [2.05, 4.69) is 10.3 Å². The van der Waals surface area contributed by atoms with E-state index in [1.54, 1.807) is 29.2 Å². The third kappa shape index (κ3) is 5.33. The van der Waals surface area contributed by atoms with Crippen LogP contribution in [0.15, 0.2) is 54.0 Å². The van der Waals surface area contributed by atoms with Crippen LogP contribution < -0.4 is 5.32 Å². The summed E-state index contributed by atoms with van der Waals surface area (Å²) in [6, 6.07) is 13.8. The molecule has 0 radical (unpaired) electrons. The van der Waals surface area contributed by atoms with Crippen LogP contribution in [0.25, 0.3) is 10.4 Å². The van der Waals surface area contributed by atoms with Gasteiger partial charge in [0, 0.05) is 25.1 Å². The average Bonchev–Trinajstić information content (AvgIpc) is 3.58. The van der Waals surface area contributed by atoms with Crippen LogP contribution in [0.4, 0.5) is 0 Å². The van der Waals surface area contributed by atoms with E-state index >= 15 is 0 Å². The fraction of sp³-hybridized carbons (Fsp3) is 0.400. The van der Waals surface area contributed by atoms with E-state index in [1.807, 2.05) is 68.7 Å². The van der Waals surface area contributed by atoms with Crippen molar-refractivity contribution >= 4 is 29.1 Å². The molecule has 5 rings (SSSR count). The highest BCUT2D eigenvalue weighted by atomic mass is 32.1. The lowest BCUT2D eigenvalue weighted by atomic mass is 10.00. The lowest BCUT2D eigenvalue weighted by molar-refractivity contribution is -0.143. The Kier molecular flexibility index (Phi) is 7.31. The monoisotopic (exact) mass is 546 g/mol. The number of carbonyl (C=O) groups is 3. The fourth-order valence-corrected chi connectivity index (χ4v) is 6.46. The molecular formula is C30H34N4O4S. The Morgan fingerprint density at radius 1 is 1.18 bits per heavy atom. The molecule has 0 saturated carbocycles. The number of fused-ring (bicyclic) bond motifs is 1. The summed E-state index contributed by atoms with van der Waals surface area (Å²) in [7, 11) is 0. The van der Waals surface area contributed by atoms with Crippen molar-refractivity contribution in [1.82, 2.24) is 20.1 Å². The Bertz CT molecular complexity index is 1400. The molecule has 2 aliphatic rings. The number of carbonyl (C=O) groups excluding carboxylic acids is 3. The van der Waals surface area contributed by atoms with Gasteiger partial charge >= 0.3 is 0 Å². The molecule has 2 aliphatic heterocycles. The van der Waals surface area contributed by atoms with Crippen molar-refractivity contribution in [2.45, 2.75) is 64.9 Å². The van der Waals surface area contributed by atoms with Crippen molar-refractivity contribution in [1.29, 1.82) is 0 Å². The first-order valence-corrected chi connectivity index (χ1v) is 14.1. The molecule has 9 heteroatoms. The smallest absolute Gasteiger partial charge is 0.255 e. The minimum absolute atomic E-state index is 0.0328. The zero-order chi connectivity index (χ0) is 27.9. The molecule has 3 atom stereocenters. The third-order valence-electron chi connectivity index (χ3n) is 7.60. The molecule has 204 valence electrons. The molecule has 0 bridgehead atoms. The van der Waals surface area contributed by atoms with Crippen molar-refractivity contribution in [3.05, 3.63) is 76.4 Å². The van der Waals surface area contributed by atoms with E-state index in [1.165, 1.54) is 4.90 Å². The van der Waals surface area contributed by atoms with Crippen molar-refractivity contribution in [3.8, 4) is 10.4 Å². The van der Waals surface area contributed by atoms with E-state index in [9.17, 15) is 19.5 Å². The summed E-state index contributed by atoms with van der Waals surface area (Å²) in [5.41, 5.74) is 5.11. The van der Waals surface area contributed by atoms with Gasteiger partial charge in [-0.3, -0.25) is 14.4 Å². The molecule has 2 aromatic carbocycles. The zero-order valence-electron chi connectivity index (χ0n) is 22.7. The Balaban J connectivity index is 1.30. The van der Waals surface area contributed by atoms with Crippen molar-refractivity contribution in [2.24, 2.45) is 5.92 Å². The zero-order valence-corrected chi connectivity index (χ0v) is 23.5. The van der Waals surface area contributed by atoms with Crippen molar-refractivity contribution in [2.75, 3.05) is 6.54 Å². The SMILES string of the molecule is Cc1ncsc1-c1ccc(CNC(=O)[C@@H]2C[C@](C)(O)CN2C(=O)[C@H](C(C)C)N2Cc3ccccc3C2=O)cc1. The molecule has 2 N–H and O–H groups in total. The summed E-state index contributed by atoms with van der Waals surface area (Å²) in [5, 5.41) is 13.8. The lowest BCUT2D eigenvalue weighted by Crippen LogP contribution is -2.55. The maximum absolute atomic E-state index is 14.0. The van der Waals surface area contributed by atoms with Crippen LogP contribution in [0.2, 0.25) is 0 Å². The first kappa shape index (κ1) is 27.0. The number of hydrogen-bond acceptors (Lipinski definition) is 6. The molecule has 0 aliphatic carbocycles. The number of β-amino-alcohol motifs (C(OH)–C–C–N with tert-alkyl or cyclic N) is 1. The first-order chi connectivity index (χ1) is 18.6. The van der Waals surface area contributed by atoms with E-state index in [-0.39, 0.29) is 36.6 Å². The molecule has 1 saturated heterocycles. The number of aromatic nitrogens is 1. The van der Waals surface area contributed by atoms with Crippen LogP contribution in [-0.4, -0.2) is 61.8 Å². The Labute approximate surface area is 232 Å². The van der Waals surface area contributed by atoms with Crippen molar-refractivity contribution < 1.29 is 19.5 Å². The fourth-order valence-electron chi connectivity index (χ4n) is 5.64. The Morgan fingerprint density at radius 3 is 2.54 bits per heavy atom. The van der Waals surface area contributed by atoms with Gasteiger partial charge in [-0.15, -0.1) is 11.3 Å². The van der Waals surface area contributed by atoms with Gasteiger partial charge in [-0.05, 0) is 42.5 Å². The van der Waals surface area contributed by atoms with E-state index in [0.29, 0.717) is 18.7 Å². The van der Waals surface area contributed by atoms with Gasteiger partial charge in [0.05, 0.1) is 28.2 Å². The molecule has 3 heterocycles. The summed E-state index contributed by atoms with van der Waals surface area (Å²) in [4.78, 5) is 49.0. The van der Waals surface area contributed by atoms with Gasteiger partial charge in [-0.25, -0.2) is 4.98 Å². The number of rotatable bonds is 7. The second-order valence-corrected chi connectivity index (χ2v) is 12.0. The number of amides is 3. The highest BCUT2D eigenvalue weighted by molar-refractivity contribution is 7.13. The second-order valence-electron chi connectivity index (χ2n) is 11.1. The average molecular weight is 547 g/mol. The van der Waals surface area contributed by atoms with E-state index in [4.69, 9.17) is 0 Å². The number of benzene rings is 2. The minimum atomic E-state index is -1.20. The topological polar surface area (TPSA) is 103 Å². The van der Waals surface area contributed by atoms with Crippen molar-refractivity contribution in [3.63, 3.8) is 0 Å².